The minimum Gasteiger partial charge on any atom is -0.318 e. The third-order valence-electron chi connectivity index (χ3n) is 4.17. The Morgan fingerprint density at radius 1 is 1.08 bits per heavy atom. The summed E-state index contributed by atoms with van der Waals surface area (Å²) in [4.78, 5) is 42.5. The van der Waals surface area contributed by atoms with E-state index >= 15 is 0 Å². The summed E-state index contributed by atoms with van der Waals surface area (Å²) < 4.78 is 2.62. The molecule has 26 heavy (non-hydrogen) atoms. The van der Waals surface area contributed by atoms with Crippen molar-refractivity contribution in [1.29, 1.82) is 0 Å². The molecule has 2 heterocycles. The predicted molar refractivity (Wildman–Crippen MR) is 98.2 cm³/mol. The Hall–Kier alpha value is -2.77. The molecule has 3 aromatic rings. The van der Waals surface area contributed by atoms with Crippen molar-refractivity contribution in [2.24, 2.45) is 12.0 Å². The van der Waals surface area contributed by atoms with E-state index in [-0.39, 0.29) is 0 Å². The molecule has 130 valence electrons. The molecule has 0 fully saturated rings. The van der Waals surface area contributed by atoms with Crippen molar-refractivity contribution in [3.63, 3.8) is 0 Å². The van der Waals surface area contributed by atoms with Crippen LogP contribution in [0.3, 0.4) is 0 Å². The predicted octanol–water partition coefficient (Wildman–Crippen LogP) is 2.62. The van der Waals surface area contributed by atoms with E-state index in [4.69, 9.17) is 11.6 Å². The fourth-order valence-electron chi connectivity index (χ4n) is 2.92. The minimum atomic E-state index is -0.571. The van der Waals surface area contributed by atoms with Gasteiger partial charge in [-0.05, 0) is 24.3 Å². The van der Waals surface area contributed by atoms with Gasteiger partial charge in [0.2, 0.25) is 0 Å². The highest BCUT2D eigenvalue weighted by molar-refractivity contribution is 7.16. The number of aromatic nitrogens is 1. The zero-order chi connectivity index (χ0) is 18.4. The Morgan fingerprint density at radius 3 is 2.35 bits per heavy atom. The molecule has 1 aromatic heterocycles. The SMILES string of the molecule is Cn1c(=NC(=O)CN2C(=O)c3ccccc3C2=O)sc2cccc(Cl)c21. The second kappa shape index (κ2) is 6.19. The number of para-hydroxylation sites is 1. The molecule has 4 rings (SSSR count). The van der Waals surface area contributed by atoms with Crippen LogP contribution in [-0.4, -0.2) is 33.7 Å². The quantitative estimate of drug-likeness (QED) is 0.636. The van der Waals surface area contributed by atoms with Gasteiger partial charge in [-0.2, -0.15) is 4.99 Å². The number of halogens is 1. The first-order valence-electron chi connectivity index (χ1n) is 7.74. The number of aryl methyl sites for hydroxylation is 1. The number of hydrogen-bond acceptors (Lipinski definition) is 4. The number of carbonyl (C=O) groups excluding carboxylic acids is 3. The number of rotatable bonds is 2. The molecule has 0 N–H and O–H groups in total. The van der Waals surface area contributed by atoms with Gasteiger partial charge in [0.15, 0.2) is 4.80 Å². The van der Waals surface area contributed by atoms with Crippen LogP contribution in [0.1, 0.15) is 20.7 Å². The molecule has 8 heteroatoms. The summed E-state index contributed by atoms with van der Waals surface area (Å²) in [6.45, 7) is -0.395. The van der Waals surface area contributed by atoms with Crippen LogP contribution in [-0.2, 0) is 11.8 Å². The van der Waals surface area contributed by atoms with Gasteiger partial charge < -0.3 is 4.57 Å². The molecule has 0 spiro atoms. The number of hydrogen-bond donors (Lipinski definition) is 0. The maximum atomic E-state index is 12.4. The van der Waals surface area contributed by atoms with Gasteiger partial charge in [0, 0.05) is 7.05 Å². The van der Waals surface area contributed by atoms with Crippen LogP contribution in [0, 0.1) is 0 Å². The zero-order valence-electron chi connectivity index (χ0n) is 13.6. The summed E-state index contributed by atoms with van der Waals surface area (Å²) >= 11 is 7.52. The van der Waals surface area contributed by atoms with Crippen molar-refractivity contribution in [2.45, 2.75) is 0 Å². The number of amides is 3. The second-order valence-electron chi connectivity index (χ2n) is 5.78. The van der Waals surface area contributed by atoms with E-state index in [9.17, 15) is 14.4 Å². The summed E-state index contributed by atoms with van der Waals surface area (Å²) in [7, 11) is 1.76. The van der Waals surface area contributed by atoms with Crippen molar-refractivity contribution >= 4 is 50.9 Å². The summed E-state index contributed by atoms with van der Waals surface area (Å²) in [6.07, 6.45) is 0. The standard InChI is InChI=1S/C18H12ClN3O3S/c1-21-15-12(19)7-4-8-13(15)26-18(21)20-14(23)9-22-16(24)10-5-2-3-6-11(10)17(22)25/h2-8H,9H2,1H3. The Morgan fingerprint density at radius 2 is 1.73 bits per heavy atom. The van der Waals surface area contributed by atoms with Crippen LogP contribution in [0.5, 0.6) is 0 Å². The van der Waals surface area contributed by atoms with Gasteiger partial charge in [0.25, 0.3) is 17.7 Å². The summed E-state index contributed by atoms with van der Waals surface area (Å²) in [5.41, 5.74) is 1.40. The molecule has 0 saturated heterocycles. The van der Waals surface area contributed by atoms with Gasteiger partial charge in [-0.1, -0.05) is 41.1 Å². The van der Waals surface area contributed by atoms with E-state index in [0.717, 1.165) is 15.1 Å². The molecule has 0 saturated carbocycles. The fourth-order valence-corrected chi connectivity index (χ4v) is 4.34. The van der Waals surface area contributed by atoms with Crippen molar-refractivity contribution in [2.75, 3.05) is 6.54 Å². The molecule has 0 unspecified atom stereocenters. The Bertz CT molecular complexity index is 1130. The lowest BCUT2D eigenvalue weighted by Gasteiger charge is -2.10. The largest absolute Gasteiger partial charge is 0.318 e. The number of carbonyl (C=O) groups is 3. The van der Waals surface area contributed by atoms with Crippen LogP contribution in [0.25, 0.3) is 10.2 Å². The summed E-state index contributed by atoms with van der Waals surface area (Å²) in [6, 6.07) is 12.0. The lowest BCUT2D eigenvalue weighted by Crippen LogP contribution is -2.35. The van der Waals surface area contributed by atoms with E-state index in [1.165, 1.54) is 11.3 Å². The Balaban J connectivity index is 1.66. The third-order valence-corrected chi connectivity index (χ3v) is 5.57. The van der Waals surface area contributed by atoms with Crippen LogP contribution in [0.4, 0.5) is 0 Å². The molecule has 0 atom stereocenters. The molecule has 2 aromatic carbocycles. The smallest absolute Gasteiger partial charge is 0.268 e. The molecule has 1 aliphatic rings. The van der Waals surface area contributed by atoms with Gasteiger partial charge in [-0.25, -0.2) is 0 Å². The highest BCUT2D eigenvalue weighted by Gasteiger charge is 2.36. The lowest BCUT2D eigenvalue weighted by atomic mass is 10.1. The van der Waals surface area contributed by atoms with Crippen molar-refractivity contribution < 1.29 is 14.4 Å². The Labute approximate surface area is 157 Å². The third kappa shape index (κ3) is 2.56. The topological polar surface area (TPSA) is 71.7 Å². The molecule has 1 aliphatic heterocycles. The van der Waals surface area contributed by atoms with E-state index < -0.39 is 24.3 Å². The van der Waals surface area contributed by atoms with E-state index in [1.807, 2.05) is 12.1 Å². The van der Waals surface area contributed by atoms with Crippen LogP contribution >= 0.6 is 22.9 Å². The summed E-state index contributed by atoms with van der Waals surface area (Å²) in [5, 5.41) is 0.565. The van der Waals surface area contributed by atoms with Crippen LogP contribution in [0.2, 0.25) is 5.02 Å². The number of imide groups is 1. The number of fused-ring (bicyclic) bond motifs is 2. The first kappa shape index (κ1) is 16.7. The van der Waals surface area contributed by atoms with E-state index in [2.05, 4.69) is 4.99 Å². The maximum absolute atomic E-state index is 12.4. The maximum Gasteiger partial charge on any atom is 0.268 e. The summed E-state index contributed by atoms with van der Waals surface area (Å²) in [5.74, 6) is -1.52. The number of nitrogens with zero attached hydrogens (tertiary/aromatic N) is 3. The van der Waals surface area contributed by atoms with E-state index in [1.54, 1.807) is 41.9 Å². The first-order chi connectivity index (χ1) is 12.5. The molecular formula is C18H12ClN3O3S. The van der Waals surface area contributed by atoms with Crippen molar-refractivity contribution in [3.8, 4) is 0 Å². The highest BCUT2D eigenvalue weighted by atomic mass is 35.5. The van der Waals surface area contributed by atoms with Crippen molar-refractivity contribution in [3.05, 3.63) is 63.4 Å². The molecule has 0 aliphatic carbocycles. The number of thiazole rings is 1. The first-order valence-corrected chi connectivity index (χ1v) is 8.93. The van der Waals surface area contributed by atoms with Crippen LogP contribution in [0.15, 0.2) is 47.5 Å². The average Bonchev–Trinajstić information content (AvgIpc) is 3.06. The lowest BCUT2D eigenvalue weighted by molar-refractivity contribution is -0.118. The average molecular weight is 386 g/mol. The zero-order valence-corrected chi connectivity index (χ0v) is 15.2. The monoisotopic (exact) mass is 385 g/mol. The second-order valence-corrected chi connectivity index (χ2v) is 7.19. The molecular weight excluding hydrogens is 374 g/mol. The minimum absolute atomic E-state index is 0.310. The van der Waals surface area contributed by atoms with Gasteiger partial charge in [-0.3, -0.25) is 19.3 Å². The Kier molecular flexibility index (Phi) is 3.97. The van der Waals surface area contributed by atoms with Crippen LogP contribution < -0.4 is 4.80 Å². The fraction of sp³-hybridized carbons (Fsp3) is 0.111. The molecule has 0 radical (unpaired) electrons. The van der Waals surface area contributed by atoms with Gasteiger partial charge >= 0.3 is 0 Å². The molecule has 6 nitrogen and oxygen atoms in total. The molecule has 3 amide bonds. The highest BCUT2D eigenvalue weighted by Crippen LogP contribution is 2.25. The normalized spacial score (nSPS) is 14.4. The van der Waals surface area contributed by atoms with Gasteiger partial charge in [0.1, 0.15) is 6.54 Å². The number of benzene rings is 2. The molecule has 0 bridgehead atoms. The van der Waals surface area contributed by atoms with E-state index in [0.29, 0.717) is 21.0 Å². The van der Waals surface area contributed by atoms with Gasteiger partial charge in [0.05, 0.1) is 26.4 Å². The van der Waals surface area contributed by atoms with Crippen molar-refractivity contribution in [1.82, 2.24) is 9.47 Å². The van der Waals surface area contributed by atoms with Gasteiger partial charge in [-0.15, -0.1) is 0 Å².